The molecule has 6 heteroatoms. The Bertz CT molecular complexity index is 728. The SMILES string of the molecule is N#CN1Cc2cccc(-c3ccccc3)c2C1.N[SH](=O)=O. The van der Waals surface area contributed by atoms with E-state index in [0.717, 1.165) is 13.1 Å². The molecule has 21 heavy (non-hydrogen) atoms. The summed E-state index contributed by atoms with van der Waals surface area (Å²) in [6.07, 6.45) is 2.22. The number of hydrogen-bond donors (Lipinski definition) is 2. The summed E-state index contributed by atoms with van der Waals surface area (Å²) in [6, 6.07) is 16.7. The van der Waals surface area contributed by atoms with Gasteiger partial charge in [-0.3, -0.25) is 0 Å². The van der Waals surface area contributed by atoms with Crippen molar-refractivity contribution in [2.75, 3.05) is 0 Å². The van der Waals surface area contributed by atoms with Gasteiger partial charge in [0.25, 0.3) is 0 Å². The normalized spacial score (nSPS) is 12.3. The van der Waals surface area contributed by atoms with Crippen LogP contribution in [0.2, 0.25) is 0 Å². The Labute approximate surface area is 125 Å². The van der Waals surface area contributed by atoms with Crippen molar-refractivity contribution in [3.63, 3.8) is 0 Å². The van der Waals surface area contributed by atoms with Crippen molar-refractivity contribution in [3.05, 3.63) is 59.7 Å². The van der Waals surface area contributed by atoms with Crippen molar-refractivity contribution in [1.82, 2.24) is 4.90 Å². The van der Waals surface area contributed by atoms with Gasteiger partial charge in [-0.05, 0) is 22.3 Å². The molecule has 0 saturated heterocycles. The predicted octanol–water partition coefficient (Wildman–Crippen LogP) is 1.62. The van der Waals surface area contributed by atoms with Gasteiger partial charge in [0.1, 0.15) is 0 Å². The Morgan fingerprint density at radius 2 is 1.71 bits per heavy atom. The smallest absolute Gasteiger partial charge is 0.198 e. The first-order chi connectivity index (χ1) is 10.1. The van der Waals surface area contributed by atoms with Crippen LogP contribution in [0.15, 0.2) is 48.5 Å². The molecule has 2 N–H and O–H groups in total. The largest absolute Gasteiger partial charge is 0.302 e. The van der Waals surface area contributed by atoms with E-state index in [-0.39, 0.29) is 0 Å². The Balaban J connectivity index is 0.000000361. The minimum Gasteiger partial charge on any atom is -0.302 e. The number of nitrogens with two attached hydrogens (primary N) is 1. The fourth-order valence-electron chi connectivity index (χ4n) is 2.38. The van der Waals surface area contributed by atoms with Gasteiger partial charge in [-0.15, -0.1) is 0 Å². The maximum absolute atomic E-state index is 8.98. The van der Waals surface area contributed by atoms with Crippen LogP contribution in [0.4, 0.5) is 0 Å². The first kappa shape index (κ1) is 15.0. The standard InChI is InChI=1S/C15H12N2.H3NO2S/c16-11-17-9-13-7-4-8-14(15(13)10-17)12-5-2-1-3-6-12;1-4(2)3/h1-8H,9-10H2;4H,(H2,1,2,3). The molecule has 2 aromatic rings. The van der Waals surface area contributed by atoms with E-state index in [1.807, 2.05) is 18.2 Å². The molecule has 0 spiro atoms. The van der Waals surface area contributed by atoms with Crippen LogP contribution in [-0.4, -0.2) is 13.3 Å². The molecule has 1 aliphatic heterocycles. The fraction of sp³-hybridized carbons (Fsp3) is 0.133. The summed E-state index contributed by atoms with van der Waals surface area (Å²) >= 11 is 0. The van der Waals surface area contributed by atoms with Gasteiger partial charge in [0.15, 0.2) is 17.1 Å². The Morgan fingerprint density at radius 1 is 1.05 bits per heavy atom. The van der Waals surface area contributed by atoms with Gasteiger partial charge in [-0.1, -0.05) is 48.5 Å². The number of hydrogen-bond acceptors (Lipinski definition) is 4. The molecule has 0 atom stereocenters. The highest BCUT2D eigenvalue weighted by Gasteiger charge is 2.20. The molecular formula is C15H15N3O2S. The van der Waals surface area contributed by atoms with Gasteiger partial charge in [-0.25, -0.2) is 13.6 Å². The minimum absolute atomic E-state index is 0.733. The number of thiol groups is 1. The summed E-state index contributed by atoms with van der Waals surface area (Å²) in [4.78, 5) is 1.79. The zero-order valence-corrected chi connectivity index (χ0v) is 12.2. The molecule has 0 unspecified atom stereocenters. The Kier molecular flexibility index (Phi) is 4.93. The third-order valence-electron chi connectivity index (χ3n) is 3.21. The summed E-state index contributed by atoms with van der Waals surface area (Å²) in [7, 11) is -2.62. The topological polar surface area (TPSA) is 87.2 Å². The zero-order chi connectivity index (χ0) is 15.2. The number of nitrogens with zero attached hydrogens (tertiary/aromatic N) is 2. The highest BCUT2D eigenvalue weighted by Crippen LogP contribution is 2.31. The second-order valence-corrected chi connectivity index (χ2v) is 5.12. The lowest BCUT2D eigenvalue weighted by Gasteiger charge is -2.07. The van der Waals surface area contributed by atoms with E-state index in [4.69, 9.17) is 13.7 Å². The van der Waals surface area contributed by atoms with Gasteiger partial charge in [0.2, 0.25) is 0 Å². The Morgan fingerprint density at radius 3 is 2.33 bits per heavy atom. The summed E-state index contributed by atoms with van der Waals surface area (Å²) in [6.45, 7) is 1.48. The fourth-order valence-corrected chi connectivity index (χ4v) is 2.38. The summed E-state index contributed by atoms with van der Waals surface area (Å²) in [5, 5.41) is 13.0. The summed E-state index contributed by atoms with van der Waals surface area (Å²) < 4.78 is 17.6. The van der Waals surface area contributed by atoms with Crippen LogP contribution in [0.5, 0.6) is 0 Å². The molecular weight excluding hydrogens is 286 g/mol. The van der Waals surface area contributed by atoms with E-state index >= 15 is 0 Å². The number of fused-ring (bicyclic) bond motifs is 1. The maximum Gasteiger partial charge on any atom is 0.198 e. The van der Waals surface area contributed by atoms with Gasteiger partial charge in [-0.2, -0.15) is 5.26 Å². The second-order valence-electron chi connectivity index (χ2n) is 4.55. The summed E-state index contributed by atoms with van der Waals surface area (Å²) in [5.74, 6) is 0. The molecule has 3 rings (SSSR count). The minimum atomic E-state index is -2.62. The number of nitriles is 1. The van der Waals surface area contributed by atoms with Crippen molar-refractivity contribution in [2.24, 2.45) is 5.14 Å². The molecule has 0 bridgehead atoms. The lowest BCUT2D eigenvalue weighted by Crippen LogP contribution is -2.07. The van der Waals surface area contributed by atoms with Crippen LogP contribution < -0.4 is 5.14 Å². The molecule has 108 valence electrons. The third kappa shape index (κ3) is 3.81. The third-order valence-corrected chi connectivity index (χ3v) is 3.21. The highest BCUT2D eigenvalue weighted by molar-refractivity contribution is 7.69. The zero-order valence-electron chi connectivity index (χ0n) is 11.3. The molecule has 1 aliphatic rings. The second kappa shape index (κ2) is 6.88. The molecule has 0 saturated carbocycles. The number of rotatable bonds is 1. The lowest BCUT2D eigenvalue weighted by molar-refractivity contribution is 0.417. The van der Waals surface area contributed by atoms with Crippen LogP contribution in [0.3, 0.4) is 0 Å². The lowest BCUT2D eigenvalue weighted by atomic mass is 9.97. The summed E-state index contributed by atoms with van der Waals surface area (Å²) in [5.41, 5.74) is 5.04. The van der Waals surface area contributed by atoms with E-state index in [0.29, 0.717) is 0 Å². The van der Waals surface area contributed by atoms with Crippen molar-refractivity contribution < 1.29 is 8.42 Å². The molecule has 0 amide bonds. The van der Waals surface area contributed by atoms with Crippen molar-refractivity contribution >= 4 is 10.9 Å². The molecule has 1 heterocycles. The average Bonchev–Trinajstić information content (AvgIpc) is 2.90. The average molecular weight is 301 g/mol. The van der Waals surface area contributed by atoms with Crippen molar-refractivity contribution in [3.8, 4) is 17.3 Å². The molecule has 0 fully saturated rings. The first-order valence-corrected chi connectivity index (χ1v) is 7.56. The Hall–Kier alpha value is -2.36. The van der Waals surface area contributed by atoms with E-state index in [2.05, 4.69) is 41.7 Å². The first-order valence-electron chi connectivity index (χ1n) is 6.31. The van der Waals surface area contributed by atoms with Crippen LogP contribution in [0, 0.1) is 11.5 Å². The monoisotopic (exact) mass is 301 g/mol. The van der Waals surface area contributed by atoms with E-state index in [9.17, 15) is 0 Å². The molecule has 0 radical (unpaired) electrons. The molecule has 0 aromatic heterocycles. The van der Waals surface area contributed by atoms with Crippen molar-refractivity contribution in [1.29, 1.82) is 5.26 Å². The van der Waals surface area contributed by atoms with Crippen LogP contribution in [0.1, 0.15) is 11.1 Å². The van der Waals surface area contributed by atoms with Gasteiger partial charge in [0, 0.05) is 0 Å². The van der Waals surface area contributed by atoms with Crippen LogP contribution >= 0.6 is 0 Å². The quantitative estimate of drug-likeness (QED) is 0.619. The highest BCUT2D eigenvalue weighted by atomic mass is 32.2. The van der Waals surface area contributed by atoms with Gasteiger partial charge >= 0.3 is 0 Å². The van der Waals surface area contributed by atoms with Crippen LogP contribution in [-0.2, 0) is 24.0 Å². The van der Waals surface area contributed by atoms with Gasteiger partial charge in [0.05, 0.1) is 13.1 Å². The van der Waals surface area contributed by atoms with E-state index in [1.54, 1.807) is 4.90 Å². The van der Waals surface area contributed by atoms with Gasteiger partial charge < -0.3 is 4.90 Å². The molecule has 5 nitrogen and oxygen atoms in total. The molecule has 0 aliphatic carbocycles. The molecule has 2 aromatic carbocycles. The maximum atomic E-state index is 8.98. The van der Waals surface area contributed by atoms with E-state index < -0.39 is 10.9 Å². The van der Waals surface area contributed by atoms with E-state index in [1.165, 1.54) is 22.3 Å². The van der Waals surface area contributed by atoms with Crippen LogP contribution in [0.25, 0.3) is 11.1 Å². The predicted molar refractivity (Wildman–Crippen MR) is 81.2 cm³/mol. The van der Waals surface area contributed by atoms with Crippen molar-refractivity contribution in [2.45, 2.75) is 13.1 Å². The number of benzene rings is 2.